The molecule has 1 rings (SSSR count). The zero-order chi connectivity index (χ0) is 13.0. The maximum Gasteiger partial charge on any atom is 0.310 e. The number of halogens is 4. The monoisotopic (exact) mass is 327 g/mol. The minimum atomic E-state index is -2.73. The highest BCUT2D eigenvalue weighted by molar-refractivity contribution is 9.10. The fraction of sp³-hybridized carbons (Fsp3) is 0.400. The minimum absolute atomic E-state index is 0.0558. The van der Waals surface area contributed by atoms with Crippen molar-refractivity contribution in [3.05, 3.63) is 26.9 Å². The van der Waals surface area contributed by atoms with Crippen LogP contribution in [0.1, 0.15) is 24.5 Å². The van der Waals surface area contributed by atoms with Crippen molar-refractivity contribution in [2.45, 2.75) is 19.8 Å². The first-order valence-corrected chi connectivity index (χ1v) is 5.91. The molecule has 0 amide bonds. The van der Waals surface area contributed by atoms with Gasteiger partial charge in [0, 0.05) is 11.1 Å². The Morgan fingerprint density at radius 3 is 2.82 bits per heavy atom. The lowest BCUT2D eigenvalue weighted by molar-refractivity contribution is -0.142. The van der Waals surface area contributed by atoms with Crippen LogP contribution in [0.25, 0.3) is 0 Å². The molecule has 0 N–H and O–H groups in total. The van der Waals surface area contributed by atoms with Gasteiger partial charge in [0.25, 0.3) is 6.43 Å². The van der Waals surface area contributed by atoms with Crippen molar-refractivity contribution in [2.75, 3.05) is 6.61 Å². The van der Waals surface area contributed by atoms with Gasteiger partial charge in [-0.3, -0.25) is 4.79 Å². The molecule has 0 aliphatic rings. The van der Waals surface area contributed by atoms with Gasteiger partial charge in [0.2, 0.25) is 0 Å². The van der Waals surface area contributed by atoms with E-state index in [0.717, 1.165) is 6.07 Å². The molecular formula is C10H9BrClF2NO2. The molecule has 1 aromatic heterocycles. The summed E-state index contributed by atoms with van der Waals surface area (Å²) in [7, 11) is 0. The number of alkyl halides is 2. The van der Waals surface area contributed by atoms with E-state index in [9.17, 15) is 13.6 Å². The number of hydrogen-bond acceptors (Lipinski definition) is 3. The Labute approximate surface area is 110 Å². The van der Waals surface area contributed by atoms with E-state index < -0.39 is 12.4 Å². The third-order valence-electron chi connectivity index (χ3n) is 1.94. The number of rotatable bonds is 4. The van der Waals surface area contributed by atoms with E-state index in [2.05, 4.69) is 20.9 Å². The maximum atomic E-state index is 12.8. The van der Waals surface area contributed by atoms with Gasteiger partial charge >= 0.3 is 5.97 Å². The van der Waals surface area contributed by atoms with Gasteiger partial charge in [-0.25, -0.2) is 13.8 Å². The SMILES string of the molecule is CCOC(=O)Cc1c(C(F)F)cc(Cl)nc1Br. The highest BCUT2D eigenvalue weighted by atomic mass is 79.9. The average Bonchev–Trinajstić information content (AvgIpc) is 2.21. The topological polar surface area (TPSA) is 39.2 Å². The molecule has 7 heteroatoms. The molecule has 1 heterocycles. The minimum Gasteiger partial charge on any atom is -0.466 e. The van der Waals surface area contributed by atoms with Crippen LogP contribution in [0, 0.1) is 0 Å². The third-order valence-corrected chi connectivity index (χ3v) is 2.79. The molecule has 3 nitrogen and oxygen atoms in total. The number of carbonyl (C=O) groups excluding carboxylic acids is 1. The smallest absolute Gasteiger partial charge is 0.310 e. The molecule has 0 unspecified atom stereocenters. The van der Waals surface area contributed by atoms with E-state index in [0.29, 0.717) is 0 Å². The van der Waals surface area contributed by atoms with Crippen LogP contribution in [0.4, 0.5) is 8.78 Å². The van der Waals surface area contributed by atoms with E-state index in [1.54, 1.807) is 6.92 Å². The third kappa shape index (κ3) is 3.89. The molecule has 0 aliphatic carbocycles. The van der Waals surface area contributed by atoms with Gasteiger partial charge in [-0.2, -0.15) is 0 Å². The van der Waals surface area contributed by atoms with Crippen molar-refractivity contribution < 1.29 is 18.3 Å². The van der Waals surface area contributed by atoms with Gasteiger partial charge in [0.05, 0.1) is 13.0 Å². The molecule has 17 heavy (non-hydrogen) atoms. The zero-order valence-corrected chi connectivity index (χ0v) is 11.2. The van der Waals surface area contributed by atoms with Crippen LogP contribution >= 0.6 is 27.5 Å². The summed E-state index contributed by atoms with van der Waals surface area (Å²) in [6.45, 7) is 1.84. The molecule has 0 radical (unpaired) electrons. The first-order chi connectivity index (χ1) is 7.95. The number of aromatic nitrogens is 1. The highest BCUT2D eigenvalue weighted by Crippen LogP contribution is 2.30. The average molecular weight is 329 g/mol. The van der Waals surface area contributed by atoms with Gasteiger partial charge in [0.15, 0.2) is 0 Å². The second-order valence-corrected chi connectivity index (χ2v) is 4.22. The Morgan fingerprint density at radius 1 is 1.65 bits per heavy atom. The molecule has 1 aromatic rings. The first-order valence-electron chi connectivity index (χ1n) is 4.74. The van der Waals surface area contributed by atoms with Gasteiger partial charge in [0.1, 0.15) is 9.76 Å². The van der Waals surface area contributed by atoms with E-state index >= 15 is 0 Å². The van der Waals surface area contributed by atoms with Crippen molar-refractivity contribution in [1.82, 2.24) is 4.98 Å². The summed E-state index contributed by atoms with van der Waals surface area (Å²) >= 11 is 8.58. The number of nitrogens with zero attached hydrogens (tertiary/aromatic N) is 1. The van der Waals surface area contributed by atoms with Crippen LogP contribution in [-0.4, -0.2) is 17.6 Å². The molecule has 0 saturated heterocycles. The Hall–Kier alpha value is -0.750. The Balaban J connectivity index is 3.08. The van der Waals surface area contributed by atoms with Gasteiger partial charge in [-0.15, -0.1) is 0 Å². The molecule has 0 fully saturated rings. The van der Waals surface area contributed by atoms with Crippen molar-refractivity contribution in [3.8, 4) is 0 Å². The van der Waals surface area contributed by atoms with E-state index in [-0.39, 0.29) is 33.9 Å². The predicted molar refractivity (Wildman–Crippen MR) is 62.2 cm³/mol. The zero-order valence-electron chi connectivity index (χ0n) is 8.84. The van der Waals surface area contributed by atoms with E-state index in [1.165, 1.54) is 0 Å². The predicted octanol–water partition coefficient (Wildman–Crippen LogP) is 3.54. The molecule has 0 saturated carbocycles. The van der Waals surface area contributed by atoms with E-state index in [1.807, 2.05) is 0 Å². The second kappa shape index (κ2) is 6.26. The summed E-state index contributed by atoms with van der Waals surface area (Å²) in [5, 5.41) is -0.0558. The highest BCUT2D eigenvalue weighted by Gasteiger charge is 2.20. The number of pyridine rings is 1. The molecule has 94 valence electrons. The molecular weight excluding hydrogens is 319 g/mol. The van der Waals surface area contributed by atoms with Crippen molar-refractivity contribution in [3.63, 3.8) is 0 Å². The maximum absolute atomic E-state index is 12.8. The molecule has 0 atom stereocenters. The Morgan fingerprint density at radius 2 is 2.29 bits per heavy atom. The quantitative estimate of drug-likeness (QED) is 0.627. The lowest BCUT2D eigenvalue weighted by atomic mass is 10.1. The lowest BCUT2D eigenvalue weighted by Crippen LogP contribution is -2.11. The van der Waals surface area contributed by atoms with Crippen molar-refractivity contribution in [2.24, 2.45) is 0 Å². The molecule has 0 spiro atoms. The Kier molecular flexibility index (Phi) is 5.27. The van der Waals surface area contributed by atoms with Crippen LogP contribution < -0.4 is 0 Å². The standard InChI is InChI=1S/C10H9BrClF2NO2/c1-2-17-8(16)4-5-6(10(13)14)3-7(12)15-9(5)11/h3,10H,2,4H2,1H3. The lowest BCUT2D eigenvalue weighted by Gasteiger charge is -2.10. The number of ether oxygens (including phenoxy) is 1. The summed E-state index contributed by atoms with van der Waals surface area (Å²) < 4.78 is 30.4. The molecule has 0 bridgehead atoms. The number of esters is 1. The Bertz CT molecular complexity index is 429. The summed E-state index contributed by atoms with van der Waals surface area (Å²) in [6.07, 6.45) is -2.99. The largest absolute Gasteiger partial charge is 0.466 e. The summed E-state index contributed by atoms with van der Waals surface area (Å²) in [5.41, 5.74) is -0.215. The fourth-order valence-corrected chi connectivity index (χ4v) is 2.12. The normalized spacial score (nSPS) is 10.7. The summed E-state index contributed by atoms with van der Waals surface area (Å²) in [5.74, 6) is -0.584. The van der Waals surface area contributed by atoms with Crippen LogP contribution in [-0.2, 0) is 16.0 Å². The van der Waals surface area contributed by atoms with Gasteiger partial charge in [-0.05, 0) is 28.9 Å². The first kappa shape index (κ1) is 14.3. The van der Waals surface area contributed by atoms with Crippen LogP contribution in [0.5, 0.6) is 0 Å². The molecule has 0 aromatic carbocycles. The van der Waals surface area contributed by atoms with Gasteiger partial charge < -0.3 is 4.74 Å². The molecule has 0 aliphatic heterocycles. The number of hydrogen-bond donors (Lipinski definition) is 0. The fourth-order valence-electron chi connectivity index (χ4n) is 1.25. The van der Waals surface area contributed by atoms with Crippen LogP contribution in [0.15, 0.2) is 10.7 Å². The van der Waals surface area contributed by atoms with E-state index in [4.69, 9.17) is 16.3 Å². The second-order valence-electron chi connectivity index (χ2n) is 3.09. The van der Waals surface area contributed by atoms with Crippen LogP contribution in [0.3, 0.4) is 0 Å². The van der Waals surface area contributed by atoms with Crippen LogP contribution in [0.2, 0.25) is 5.15 Å². The summed E-state index contributed by atoms with van der Waals surface area (Å²) in [4.78, 5) is 15.0. The number of carbonyl (C=O) groups is 1. The van der Waals surface area contributed by atoms with Crippen molar-refractivity contribution in [1.29, 1.82) is 0 Å². The van der Waals surface area contributed by atoms with Crippen molar-refractivity contribution >= 4 is 33.5 Å². The van der Waals surface area contributed by atoms with Gasteiger partial charge in [-0.1, -0.05) is 11.6 Å². The summed E-state index contributed by atoms with van der Waals surface area (Å²) in [6, 6.07) is 1.05.